The van der Waals surface area contributed by atoms with Crippen molar-refractivity contribution in [3.8, 4) is 5.75 Å². The summed E-state index contributed by atoms with van der Waals surface area (Å²) in [4.78, 5) is 2.40. The highest BCUT2D eigenvalue weighted by molar-refractivity contribution is 7.92. The van der Waals surface area contributed by atoms with Gasteiger partial charge in [-0.25, -0.2) is 8.42 Å². The lowest BCUT2D eigenvalue weighted by Crippen LogP contribution is -2.34. The second-order valence-electron chi connectivity index (χ2n) is 7.10. The summed E-state index contributed by atoms with van der Waals surface area (Å²) < 4.78 is 34.3. The van der Waals surface area contributed by atoms with Crippen LogP contribution in [0.4, 0.5) is 5.69 Å². The van der Waals surface area contributed by atoms with Crippen LogP contribution in [0.15, 0.2) is 35.2 Å². The van der Waals surface area contributed by atoms with E-state index in [1.54, 1.807) is 38.3 Å². The fourth-order valence-corrected chi connectivity index (χ4v) is 5.23. The molecule has 1 aliphatic rings. The minimum Gasteiger partial charge on any atom is -0.496 e. The van der Waals surface area contributed by atoms with Crippen LogP contribution in [0.3, 0.4) is 0 Å². The Morgan fingerprint density at radius 1 is 1.19 bits per heavy atom. The monoisotopic (exact) mass is 408 g/mol. The summed E-state index contributed by atoms with van der Waals surface area (Å²) in [7, 11) is 2.04. The maximum Gasteiger partial charge on any atom is 0.262 e. The highest BCUT2D eigenvalue weighted by Crippen LogP contribution is 2.37. The van der Waals surface area contributed by atoms with Crippen LogP contribution >= 0.6 is 11.6 Å². The van der Waals surface area contributed by atoms with E-state index in [1.165, 1.54) is 0 Å². The van der Waals surface area contributed by atoms with Gasteiger partial charge in [0.05, 0.1) is 17.7 Å². The highest BCUT2D eigenvalue weighted by Gasteiger charge is 2.27. The summed E-state index contributed by atoms with van der Waals surface area (Å²) in [6, 6.07) is 8.93. The van der Waals surface area contributed by atoms with E-state index in [1.807, 2.05) is 6.07 Å². The number of nitrogens with one attached hydrogen (secondary N) is 1. The number of halogens is 1. The molecule has 2 aromatic rings. The lowest BCUT2D eigenvalue weighted by Gasteiger charge is -2.32. The van der Waals surface area contributed by atoms with E-state index in [0.717, 1.165) is 36.1 Å². The van der Waals surface area contributed by atoms with Gasteiger partial charge in [0.15, 0.2) is 0 Å². The van der Waals surface area contributed by atoms with Gasteiger partial charge in [-0.15, -0.1) is 0 Å². The quantitative estimate of drug-likeness (QED) is 0.815. The van der Waals surface area contributed by atoms with Crippen molar-refractivity contribution in [1.82, 2.24) is 4.90 Å². The van der Waals surface area contributed by atoms with Gasteiger partial charge in [0.1, 0.15) is 5.75 Å². The molecule has 146 valence electrons. The Morgan fingerprint density at radius 2 is 1.93 bits per heavy atom. The summed E-state index contributed by atoms with van der Waals surface area (Å²) in [6.07, 6.45) is 2.59. The third kappa shape index (κ3) is 3.93. The van der Waals surface area contributed by atoms with Crippen molar-refractivity contribution in [3.05, 3.63) is 52.0 Å². The molecular weight excluding hydrogens is 384 g/mol. The van der Waals surface area contributed by atoms with Gasteiger partial charge < -0.3 is 9.64 Å². The fourth-order valence-electron chi connectivity index (χ4n) is 3.64. The summed E-state index contributed by atoms with van der Waals surface area (Å²) in [5.41, 5.74) is 3.24. The van der Waals surface area contributed by atoms with Crippen LogP contribution < -0.4 is 9.46 Å². The first-order valence-electron chi connectivity index (χ1n) is 8.87. The zero-order valence-electron chi connectivity index (χ0n) is 16.0. The molecule has 27 heavy (non-hydrogen) atoms. The molecule has 1 unspecified atom stereocenters. The molecule has 0 spiro atoms. The Balaban J connectivity index is 2.01. The minimum absolute atomic E-state index is 0.196. The smallest absolute Gasteiger partial charge is 0.262 e. The predicted molar refractivity (Wildman–Crippen MR) is 109 cm³/mol. The van der Waals surface area contributed by atoms with Gasteiger partial charge in [-0.05, 0) is 75.7 Å². The molecule has 7 heteroatoms. The van der Waals surface area contributed by atoms with Crippen molar-refractivity contribution in [1.29, 1.82) is 0 Å². The van der Waals surface area contributed by atoms with Crippen LogP contribution in [-0.2, 0) is 22.9 Å². The molecule has 0 bridgehead atoms. The second-order valence-corrected chi connectivity index (χ2v) is 9.16. The zero-order chi connectivity index (χ0) is 19.8. The van der Waals surface area contributed by atoms with Gasteiger partial charge in [-0.3, -0.25) is 4.72 Å². The highest BCUT2D eigenvalue weighted by atomic mass is 35.5. The van der Waals surface area contributed by atoms with Crippen LogP contribution in [0.25, 0.3) is 0 Å². The summed E-state index contributed by atoms with van der Waals surface area (Å²) in [5.74, 6) is 0.804. The molecule has 3 rings (SSSR count). The number of hydrogen-bond acceptors (Lipinski definition) is 4. The van der Waals surface area contributed by atoms with E-state index in [-0.39, 0.29) is 4.90 Å². The van der Waals surface area contributed by atoms with Gasteiger partial charge in [-0.2, -0.15) is 0 Å². The molecule has 5 nitrogen and oxygen atoms in total. The molecule has 2 aromatic carbocycles. The van der Waals surface area contributed by atoms with Crippen molar-refractivity contribution < 1.29 is 13.2 Å². The number of likely N-dealkylation sites (N-methyl/N-ethyl adjacent to an activating group) is 1. The number of hydrogen-bond donors (Lipinski definition) is 1. The number of fused-ring (bicyclic) bond motifs is 1. The number of benzene rings is 2. The molecule has 1 aliphatic carbocycles. The summed E-state index contributed by atoms with van der Waals surface area (Å²) >= 11 is 6.11. The van der Waals surface area contributed by atoms with E-state index < -0.39 is 10.0 Å². The number of sulfonamides is 1. The van der Waals surface area contributed by atoms with Crippen molar-refractivity contribution in [3.63, 3.8) is 0 Å². The number of anilines is 1. The van der Waals surface area contributed by atoms with Crippen LogP contribution in [0.5, 0.6) is 5.75 Å². The van der Waals surface area contributed by atoms with Crippen molar-refractivity contribution in [2.45, 2.75) is 37.1 Å². The molecule has 0 saturated carbocycles. The molecule has 0 radical (unpaired) electrons. The maximum atomic E-state index is 13.0. The van der Waals surface area contributed by atoms with Crippen LogP contribution in [0, 0.1) is 6.92 Å². The number of rotatable bonds is 5. The molecule has 1 N–H and O–H groups in total. The molecule has 1 atom stereocenters. The Kier molecular flexibility index (Phi) is 5.70. The Bertz CT molecular complexity index is 958. The Morgan fingerprint density at radius 3 is 2.59 bits per heavy atom. The molecule has 0 aromatic heterocycles. The lowest BCUT2D eigenvalue weighted by atomic mass is 9.86. The van der Waals surface area contributed by atoms with E-state index in [4.69, 9.17) is 16.3 Å². The lowest BCUT2D eigenvalue weighted by molar-refractivity contribution is 0.265. The molecule has 0 amide bonds. The van der Waals surface area contributed by atoms with Crippen molar-refractivity contribution in [2.24, 2.45) is 0 Å². The van der Waals surface area contributed by atoms with Gasteiger partial charge in [-0.1, -0.05) is 17.7 Å². The third-order valence-corrected chi connectivity index (χ3v) is 7.18. The maximum absolute atomic E-state index is 13.0. The second kappa shape index (κ2) is 7.70. The van der Waals surface area contributed by atoms with Crippen LogP contribution in [0.1, 0.15) is 23.1 Å². The van der Waals surface area contributed by atoms with Crippen LogP contribution in [-0.4, -0.2) is 40.6 Å². The standard InChI is InChI=1S/C20H25ClN2O3S/c1-13-17(21)6-5-7-20(13)27(24,25)22-18-10-11-19(26-4)16-12-14(23(2)3)8-9-15(16)18/h5-7,10-11,14,22H,8-9,12H2,1-4H3. The number of ether oxygens (including phenoxy) is 1. The normalized spacial score (nSPS) is 16.9. The average molecular weight is 409 g/mol. The van der Waals surface area contributed by atoms with Crippen LogP contribution in [0.2, 0.25) is 5.02 Å². The topological polar surface area (TPSA) is 58.6 Å². The fraction of sp³-hybridized carbons (Fsp3) is 0.400. The largest absolute Gasteiger partial charge is 0.496 e. The Labute approximate surface area is 166 Å². The number of methoxy groups -OCH3 is 1. The van der Waals surface area contributed by atoms with E-state index in [9.17, 15) is 8.42 Å². The molecular formula is C20H25ClN2O3S. The van der Waals surface area contributed by atoms with Crippen molar-refractivity contribution >= 4 is 27.3 Å². The number of nitrogens with zero attached hydrogens (tertiary/aromatic N) is 1. The zero-order valence-corrected chi connectivity index (χ0v) is 17.6. The van der Waals surface area contributed by atoms with Gasteiger partial charge in [0.25, 0.3) is 10.0 Å². The minimum atomic E-state index is -3.74. The van der Waals surface area contributed by atoms with E-state index in [0.29, 0.717) is 22.3 Å². The SMILES string of the molecule is COc1ccc(NS(=O)(=O)c2cccc(Cl)c2C)c2c1CC(N(C)C)CC2. The third-order valence-electron chi connectivity index (χ3n) is 5.26. The first-order valence-corrected chi connectivity index (χ1v) is 10.7. The molecule has 0 fully saturated rings. The molecule has 0 heterocycles. The predicted octanol–water partition coefficient (Wildman–Crippen LogP) is 3.88. The van der Waals surface area contributed by atoms with Gasteiger partial charge >= 0.3 is 0 Å². The van der Waals surface area contributed by atoms with Crippen molar-refractivity contribution in [2.75, 3.05) is 25.9 Å². The first kappa shape index (κ1) is 20.0. The molecule has 0 saturated heterocycles. The first-order chi connectivity index (χ1) is 12.7. The summed E-state index contributed by atoms with van der Waals surface area (Å²) in [5, 5.41) is 0.434. The van der Waals surface area contributed by atoms with Gasteiger partial charge in [0, 0.05) is 16.6 Å². The van der Waals surface area contributed by atoms with Gasteiger partial charge in [0.2, 0.25) is 0 Å². The van der Waals surface area contributed by atoms with E-state index in [2.05, 4.69) is 23.7 Å². The summed E-state index contributed by atoms with van der Waals surface area (Å²) in [6.45, 7) is 1.71. The average Bonchev–Trinajstić information content (AvgIpc) is 2.63. The Hall–Kier alpha value is -1.76. The van der Waals surface area contributed by atoms with E-state index >= 15 is 0 Å². The molecule has 0 aliphatic heterocycles.